The molecule has 3 aromatic rings. The van der Waals surface area contributed by atoms with Crippen molar-refractivity contribution < 1.29 is 19.7 Å². The number of carbonyl (C=O) groups is 1. The minimum absolute atomic E-state index is 0.0198. The van der Waals surface area contributed by atoms with Crippen molar-refractivity contribution in [2.45, 2.75) is 53.1 Å². The van der Waals surface area contributed by atoms with Crippen LogP contribution in [0.15, 0.2) is 42.5 Å². The average molecular weight is 453 g/mol. The Balaban J connectivity index is 1.80. The van der Waals surface area contributed by atoms with Crippen molar-refractivity contribution in [2.75, 3.05) is 13.2 Å². The van der Waals surface area contributed by atoms with E-state index in [1.807, 2.05) is 44.2 Å². The molecule has 1 unspecified atom stereocenters. The van der Waals surface area contributed by atoms with Gasteiger partial charge >= 0.3 is 0 Å². The molecule has 2 aromatic carbocycles. The molecule has 32 heavy (non-hydrogen) atoms. The number of hydrogen-bond acceptors (Lipinski definition) is 5. The van der Waals surface area contributed by atoms with Gasteiger partial charge in [0.25, 0.3) is 0 Å². The number of hydrogen-bond donors (Lipinski definition) is 2. The summed E-state index contributed by atoms with van der Waals surface area (Å²) in [5.74, 6) is 0.821. The Labute approximate surface area is 194 Å². The molecule has 1 atom stereocenters. The lowest BCUT2D eigenvalue weighted by molar-refractivity contribution is 0.0530. The van der Waals surface area contributed by atoms with Gasteiger partial charge in [-0.15, -0.1) is 11.3 Å². The molecule has 0 aliphatic carbocycles. The molecule has 0 aliphatic heterocycles. The van der Waals surface area contributed by atoms with Gasteiger partial charge in [0, 0.05) is 11.3 Å². The summed E-state index contributed by atoms with van der Waals surface area (Å²) in [4.78, 5) is 15.1. The first-order valence-electron chi connectivity index (χ1n) is 11.1. The number of thiophene rings is 1. The number of ketones is 1. The van der Waals surface area contributed by atoms with Crippen LogP contribution in [-0.2, 0) is 12.8 Å². The van der Waals surface area contributed by atoms with Crippen molar-refractivity contribution in [2.24, 2.45) is 0 Å². The largest absolute Gasteiger partial charge is 0.490 e. The maximum absolute atomic E-state index is 13.1. The van der Waals surface area contributed by atoms with E-state index in [2.05, 4.69) is 26.0 Å². The van der Waals surface area contributed by atoms with Gasteiger partial charge < -0.3 is 14.9 Å². The number of ether oxygens (including phenoxy) is 1. The van der Waals surface area contributed by atoms with E-state index < -0.39 is 6.10 Å². The fraction of sp³-hybridized carbons (Fsp3) is 0.370. The van der Waals surface area contributed by atoms with E-state index in [0.717, 1.165) is 33.6 Å². The van der Waals surface area contributed by atoms with Crippen LogP contribution < -0.4 is 4.74 Å². The van der Waals surface area contributed by atoms with Gasteiger partial charge in [0.1, 0.15) is 18.5 Å². The van der Waals surface area contributed by atoms with Crippen LogP contribution in [0.5, 0.6) is 5.75 Å². The molecule has 0 fully saturated rings. The highest BCUT2D eigenvalue weighted by atomic mass is 32.1. The summed E-state index contributed by atoms with van der Waals surface area (Å²) < 4.78 is 5.81. The minimum atomic E-state index is -0.927. The topological polar surface area (TPSA) is 66.8 Å². The van der Waals surface area contributed by atoms with Crippen LogP contribution in [0.4, 0.5) is 0 Å². The number of aryl methyl sites for hydroxylation is 5. The zero-order valence-corrected chi connectivity index (χ0v) is 20.1. The van der Waals surface area contributed by atoms with Crippen LogP contribution in [0.1, 0.15) is 50.1 Å². The van der Waals surface area contributed by atoms with Gasteiger partial charge in [0.15, 0.2) is 5.78 Å². The van der Waals surface area contributed by atoms with Crippen molar-refractivity contribution in [3.8, 4) is 16.9 Å². The third-order valence-electron chi connectivity index (χ3n) is 5.59. The first kappa shape index (κ1) is 24.2. The van der Waals surface area contributed by atoms with Gasteiger partial charge in [-0.1, -0.05) is 48.9 Å². The summed E-state index contributed by atoms with van der Waals surface area (Å²) in [6.45, 7) is 7.88. The van der Waals surface area contributed by atoms with E-state index in [-0.39, 0.29) is 19.0 Å². The lowest BCUT2D eigenvalue weighted by Crippen LogP contribution is -2.22. The van der Waals surface area contributed by atoms with Gasteiger partial charge in [-0.3, -0.25) is 4.79 Å². The molecular weight excluding hydrogens is 420 g/mol. The molecule has 1 aromatic heterocycles. The van der Waals surface area contributed by atoms with Crippen molar-refractivity contribution >= 4 is 17.1 Å². The van der Waals surface area contributed by atoms with Gasteiger partial charge in [-0.05, 0) is 67.5 Å². The molecule has 0 saturated carbocycles. The Morgan fingerprint density at radius 2 is 1.81 bits per heavy atom. The van der Waals surface area contributed by atoms with Crippen molar-refractivity contribution in [1.29, 1.82) is 0 Å². The van der Waals surface area contributed by atoms with E-state index in [4.69, 9.17) is 9.84 Å². The molecule has 170 valence electrons. The van der Waals surface area contributed by atoms with Crippen LogP contribution in [-0.4, -0.2) is 35.3 Å². The fourth-order valence-electron chi connectivity index (χ4n) is 3.97. The summed E-state index contributed by atoms with van der Waals surface area (Å²) in [7, 11) is 0. The number of benzene rings is 2. The summed E-state index contributed by atoms with van der Waals surface area (Å²) in [6.07, 6.45) is 0.914. The number of aliphatic hydroxyl groups is 2. The second-order valence-electron chi connectivity index (χ2n) is 8.26. The average Bonchev–Trinajstić information content (AvgIpc) is 3.21. The Bertz CT molecular complexity index is 1080. The second kappa shape index (κ2) is 10.9. The molecule has 4 nitrogen and oxygen atoms in total. The maximum Gasteiger partial charge on any atom is 0.173 e. The van der Waals surface area contributed by atoms with Crippen LogP contribution in [0.2, 0.25) is 0 Å². The Morgan fingerprint density at radius 3 is 2.50 bits per heavy atom. The summed E-state index contributed by atoms with van der Waals surface area (Å²) in [5.41, 5.74) is 6.57. The van der Waals surface area contributed by atoms with Crippen molar-refractivity contribution in [1.82, 2.24) is 0 Å². The van der Waals surface area contributed by atoms with Gasteiger partial charge in [0.2, 0.25) is 0 Å². The summed E-state index contributed by atoms with van der Waals surface area (Å²) in [6, 6.07) is 14.4. The van der Waals surface area contributed by atoms with Crippen LogP contribution in [0, 0.1) is 20.8 Å². The lowest BCUT2D eigenvalue weighted by Gasteiger charge is -2.17. The standard InChI is InChI=1S/C27H32O4S/c1-5-25-23(22-9-7-6-8-18(22)3)14-26(32-25)24(30)11-10-20-13-17(2)12-19(4)27(20)31-16-21(29)15-28/h6-9,12-14,21,28-29H,5,10-11,15-16H2,1-4H3. The molecular formula is C27H32O4S. The SMILES string of the molecule is CCc1sc(C(=O)CCc2cc(C)cc(C)c2OCC(O)CO)cc1-c1ccccc1C. The van der Waals surface area contributed by atoms with Crippen LogP contribution in [0.25, 0.3) is 11.1 Å². The van der Waals surface area contributed by atoms with E-state index in [0.29, 0.717) is 18.6 Å². The van der Waals surface area contributed by atoms with Crippen molar-refractivity contribution in [3.63, 3.8) is 0 Å². The maximum atomic E-state index is 13.1. The number of aliphatic hydroxyl groups excluding tert-OH is 2. The molecule has 0 saturated heterocycles. The lowest BCUT2D eigenvalue weighted by atomic mass is 9.98. The monoisotopic (exact) mass is 452 g/mol. The van der Waals surface area contributed by atoms with Crippen molar-refractivity contribution in [3.05, 3.63) is 74.5 Å². The molecule has 0 amide bonds. The quantitative estimate of drug-likeness (QED) is 0.402. The molecule has 3 rings (SSSR count). The molecule has 1 heterocycles. The molecule has 0 spiro atoms. The Morgan fingerprint density at radius 1 is 1.06 bits per heavy atom. The highest BCUT2D eigenvalue weighted by molar-refractivity contribution is 7.14. The smallest absolute Gasteiger partial charge is 0.173 e. The van der Waals surface area contributed by atoms with Gasteiger partial charge in [-0.25, -0.2) is 0 Å². The van der Waals surface area contributed by atoms with Gasteiger partial charge in [-0.2, -0.15) is 0 Å². The minimum Gasteiger partial charge on any atom is -0.490 e. The molecule has 5 heteroatoms. The number of rotatable bonds is 10. The zero-order chi connectivity index (χ0) is 23.3. The normalized spacial score (nSPS) is 12.1. The Hall–Kier alpha value is -2.47. The molecule has 0 radical (unpaired) electrons. The van der Waals surface area contributed by atoms with E-state index in [9.17, 15) is 9.90 Å². The van der Waals surface area contributed by atoms with E-state index >= 15 is 0 Å². The summed E-state index contributed by atoms with van der Waals surface area (Å²) >= 11 is 1.59. The first-order chi connectivity index (χ1) is 15.3. The fourth-order valence-corrected chi connectivity index (χ4v) is 5.05. The van der Waals surface area contributed by atoms with Crippen LogP contribution in [0.3, 0.4) is 0 Å². The van der Waals surface area contributed by atoms with Crippen LogP contribution >= 0.6 is 11.3 Å². The Kier molecular flexibility index (Phi) is 8.24. The molecule has 0 bridgehead atoms. The highest BCUT2D eigenvalue weighted by Crippen LogP contribution is 2.35. The van der Waals surface area contributed by atoms with E-state index in [1.165, 1.54) is 16.0 Å². The third-order valence-corrected chi connectivity index (χ3v) is 6.91. The number of carbonyl (C=O) groups excluding carboxylic acids is 1. The second-order valence-corrected chi connectivity index (χ2v) is 9.39. The third kappa shape index (κ3) is 5.66. The summed E-state index contributed by atoms with van der Waals surface area (Å²) in [5, 5.41) is 18.7. The number of Topliss-reactive ketones (excluding diaryl/α,β-unsaturated/α-hetero) is 1. The molecule has 2 N–H and O–H groups in total. The highest BCUT2D eigenvalue weighted by Gasteiger charge is 2.18. The first-order valence-corrected chi connectivity index (χ1v) is 11.9. The zero-order valence-electron chi connectivity index (χ0n) is 19.3. The predicted octanol–water partition coefficient (Wildman–Crippen LogP) is 5.45. The predicted molar refractivity (Wildman–Crippen MR) is 131 cm³/mol. The van der Waals surface area contributed by atoms with Gasteiger partial charge in [0.05, 0.1) is 11.5 Å². The van der Waals surface area contributed by atoms with E-state index in [1.54, 1.807) is 11.3 Å². The molecule has 0 aliphatic rings.